The number of fused-ring (bicyclic) bond motifs is 2. The van der Waals surface area contributed by atoms with E-state index < -0.39 is 5.82 Å². The lowest BCUT2D eigenvalue weighted by Gasteiger charge is -2.38. The highest BCUT2D eigenvalue weighted by molar-refractivity contribution is 5.92. The Hall–Kier alpha value is -3.33. The molecule has 160 valence electrons. The van der Waals surface area contributed by atoms with Crippen molar-refractivity contribution < 1.29 is 9.18 Å². The summed E-state index contributed by atoms with van der Waals surface area (Å²) < 4.78 is 18.1. The fraction of sp³-hybridized carbons (Fsp3) is 0.364. The number of rotatable bonds is 4. The van der Waals surface area contributed by atoms with Crippen molar-refractivity contribution in [2.24, 2.45) is 5.92 Å². The van der Waals surface area contributed by atoms with Crippen LogP contribution in [0.2, 0.25) is 0 Å². The SMILES string of the molecule is Cc1cn2nc(-c3cc(F)c4nc(NC(=O)C5CC(N(C)C)C5)cn4c3)cc(C)c2n1. The van der Waals surface area contributed by atoms with E-state index in [1.54, 1.807) is 21.3 Å². The summed E-state index contributed by atoms with van der Waals surface area (Å²) in [6.07, 6.45) is 6.89. The first-order chi connectivity index (χ1) is 14.8. The maximum absolute atomic E-state index is 14.8. The molecule has 0 bridgehead atoms. The van der Waals surface area contributed by atoms with Crippen molar-refractivity contribution in [1.29, 1.82) is 0 Å². The number of nitrogens with zero attached hydrogens (tertiary/aromatic N) is 6. The van der Waals surface area contributed by atoms with E-state index >= 15 is 0 Å². The number of imidazole rings is 2. The molecule has 0 atom stereocenters. The monoisotopic (exact) mass is 421 g/mol. The van der Waals surface area contributed by atoms with Crippen molar-refractivity contribution in [1.82, 2.24) is 28.9 Å². The van der Waals surface area contributed by atoms with Crippen LogP contribution in [0.25, 0.3) is 22.6 Å². The van der Waals surface area contributed by atoms with Crippen molar-refractivity contribution in [3.63, 3.8) is 0 Å². The molecule has 4 aromatic rings. The molecule has 1 amide bonds. The fourth-order valence-corrected chi connectivity index (χ4v) is 4.10. The number of halogens is 1. The molecule has 4 aromatic heterocycles. The third-order valence-electron chi connectivity index (χ3n) is 6.00. The van der Waals surface area contributed by atoms with Gasteiger partial charge in [0.2, 0.25) is 5.91 Å². The Bertz CT molecular complexity index is 1320. The molecule has 0 unspecified atom stereocenters. The van der Waals surface area contributed by atoms with Gasteiger partial charge in [-0.05, 0) is 58.5 Å². The molecule has 1 saturated carbocycles. The maximum Gasteiger partial charge on any atom is 0.228 e. The Morgan fingerprint density at radius 2 is 1.90 bits per heavy atom. The van der Waals surface area contributed by atoms with Gasteiger partial charge in [-0.3, -0.25) is 4.79 Å². The van der Waals surface area contributed by atoms with Gasteiger partial charge < -0.3 is 14.6 Å². The molecule has 1 N–H and O–H groups in total. The van der Waals surface area contributed by atoms with Crippen LogP contribution in [0, 0.1) is 25.6 Å². The van der Waals surface area contributed by atoms with Gasteiger partial charge >= 0.3 is 0 Å². The van der Waals surface area contributed by atoms with E-state index in [0.717, 1.165) is 29.7 Å². The highest BCUT2D eigenvalue weighted by Crippen LogP contribution is 2.31. The molecule has 0 spiro atoms. The average molecular weight is 421 g/mol. The molecule has 9 heteroatoms. The standard InChI is InChI=1S/C22H24FN7O/c1-12-5-18(27-30-9-13(2)24-20(12)30)15-8-17(23)21-25-19(11-29(21)10-15)26-22(31)14-6-16(7-14)28(3)4/h5,8-11,14,16H,6-7H2,1-4H3,(H,26,31). The van der Waals surface area contributed by atoms with Crippen LogP contribution in [0.4, 0.5) is 10.2 Å². The van der Waals surface area contributed by atoms with Gasteiger partial charge in [0.25, 0.3) is 0 Å². The van der Waals surface area contributed by atoms with Crippen molar-refractivity contribution >= 4 is 23.0 Å². The van der Waals surface area contributed by atoms with Crippen molar-refractivity contribution in [3.8, 4) is 11.3 Å². The van der Waals surface area contributed by atoms with E-state index in [-0.39, 0.29) is 17.5 Å². The number of amides is 1. The van der Waals surface area contributed by atoms with Crippen LogP contribution in [0.3, 0.4) is 0 Å². The van der Waals surface area contributed by atoms with Gasteiger partial charge in [-0.1, -0.05) is 0 Å². The predicted octanol–water partition coefficient (Wildman–Crippen LogP) is 3.08. The third-order valence-corrected chi connectivity index (χ3v) is 6.00. The quantitative estimate of drug-likeness (QED) is 0.548. The lowest BCUT2D eigenvalue weighted by atomic mass is 9.79. The van der Waals surface area contributed by atoms with Crippen molar-refractivity contribution in [2.75, 3.05) is 19.4 Å². The summed E-state index contributed by atoms with van der Waals surface area (Å²) in [6.45, 7) is 3.86. The number of hydrogen-bond donors (Lipinski definition) is 1. The number of carbonyl (C=O) groups is 1. The number of anilines is 1. The Morgan fingerprint density at radius 1 is 1.13 bits per heavy atom. The Labute approximate surface area is 178 Å². The first-order valence-electron chi connectivity index (χ1n) is 10.3. The minimum Gasteiger partial charge on any atom is -0.309 e. The van der Waals surface area contributed by atoms with Gasteiger partial charge in [0, 0.05) is 23.7 Å². The number of pyridine rings is 1. The van der Waals surface area contributed by atoms with E-state index in [4.69, 9.17) is 0 Å². The second-order valence-electron chi connectivity index (χ2n) is 8.57. The van der Waals surface area contributed by atoms with Crippen LogP contribution in [-0.4, -0.2) is 54.9 Å². The Morgan fingerprint density at radius 3 is 2.65 bits per heavy atom. The van der Waals surface area contributed by atoms with Gasteiger partial charge in [-0.15, -0.1) is 0 Å². The third kappa shape index (κ3) is 3.44. The largest absolute Gasteiger partial charge is 0.309 e. The van der Waals surface area contributed by atoms with Crippen LogP contribution >= 0.6 is 0 Å². The zero-order valence-corrected chi connectivity index (χ0v) is 17.9. The van der Waals surface area contributed by atoms with Gasteiger partial charge in [0.15, 0.2) is 22.9 Å². The first kappa shape index (κ1) is 19.6. The van der Waals surface area contributed by atoms with E-state index in [9.17, 15) is 9.18 Å². The molecule has 0 radical (unpaired) electrons. The van der Waals surface area contributed by atoms with E-state index in [1.807, 2.05) is 40.2 Å². The average Bonchev–Trinajstić information content (AvgIpc) is 3.22. The molecule has 1 fully saturated rings. The number of nitrogens with one attached hydrogen (secondary N) is 1. The minimum absolute atomic E-state index is 0.0323. The molecule has 1 aliphatic rings. The molecule has 31 heavy (non-hydrogen) atoms. The summed E-state index contributed by atoms with van der Waals surface area (Å²) in [5.41, 5.74) is 4.01. The first-order valence-corrected chi connectivity index (χ1v) is 10.3. The molecule has 5 rings (SSSR count). The summed E-state index contributed by atoms with van der Waals surface area (Å²) >= 11 is 0. The van der Waals surface area contributed by atoms with Gasteiger partial charge in [-0.2, -0.15) is 5.10 Å². The van der Waals surface area contributed by atoms with Crippen LogP contribution in [-0.2, 0) is 4.79 Å². The Balaban J connectivity index is 1.43. The molecule has 0 aliphatic heterocycles. The van der Waals surface area contributed by atoms with Gasteiger partial charge in [-0.25, -0.2) is 18.9 Å². The fourth-order valence-electron chi connectivity index (χ4n) is 4.10. The molecular weight excluding hydrogens is 397 g/mol. The number of aryl methyl sites for hydroxylation is 2. The van der Waals surface area contributed by atoms with Crippen LogP contribution in [0.5, 0.6) is 0 Å². The van der Waals surface area contributed by atoms with E-state index in [2.05, 4.69) is 25.3 Å². The maximum atomic E-state index is 14.8. The zero-order valence-electron chi connectivity index (χ0n) is 17.9. The summed E-state index contributed by atoms with van der Waals surface area (Å²) in [6, 6.07) is 3.74. The van der Waals surface area contributed by atoms with E-state index in [1.165, 1.54) is 6.07 Å². The summed E-state index contributed by atoms with van der Waals surface area (Å²) in [5, 5.41) is 7.40. The van der Waals surface area contributed by atoms with Gasteiger partial charge in [0.05, 0.1) is 23.8 Å². The highest BCUT2D eigenvalue weighted by atomic mass is 19.1. The normalized spacial score (nSPS) is 18.6. The van der Waals surface area contributed by atoms with Crippen LogP contribution in [0.15, 0.2) is 30.7 Å². The number of aromatic nitrogens is 5. The Kier molecular flexibility index (Phi) is 4.51. The smallest absolute Gasteiger partial charge is 0.228 e. The molecular formula is C22H24FN7O. The van der Waals surface area contributed by atoms with E-state index in [0.29, 0.717) is 23.1 Å². The number of hydrogen-bond acceptors (Lipinski definition) is 5. The molecule has 1 aliphatic carbocycles. The molecule has 0 aromatic carbocycles. The highest BCUT2D eigenvalue weighted by Gasteiger charge is 2.35. The topological polar surface area (TPSA) is 79.8 Å². The number of carbonyl (C=O) groups excluding carboxylic acids is 1. The second kappa shape index (κ2) is 7.12. The summed E-state index contributed by atoms with van der Waals surface area (Å²) in [7, 11) is 4.03. The second-order valence-corrected chi connectivity index (χ2v) is 8.57. The molecule has 4 heterocycles. The lowest BCUT2D eigenvalue weighted by Crippen LogP contribution is -2.45. The predicted molar refractivity (Wildman–Crippen MR) is 115 cm³/mol. The lowest BCUT2D eigenvalue weighted by molar-refractivity contribution is -0.124. The van der Waals surface area contributed by atoms with Crippen LogP contribution in [0.1, 0.15) is 24.1 Å². The van der Waals surface area contributed by atoms with Gasteiger partial charge in [0.1, 0.15) is 0 Å². The summed E-state index contributed by atoms with van der Waals surface area (Å²) in [5.74, 6) is -0.231. The van der Waals surface area contributed by atoms with Crippen LogP contribution < -0.4 is 5.32 Å². The molecule has 8 nitrogen and oxygen atoms in total. The minimum atomic E-state index is -0.476. The summed E-state index contributed by atoms with van der Waals surface area (Å²) in [4.78, 5) is 23.3. The van der Waals surface area contributed by atoms with Crippen molar-refractivity contribution in [2.45, 2.75) is 32.7 Å². The molecule has 0 saturated heterocycles. The van der Waals surface area contributed by atoms with Crippen molar-refractivity contribution in [3.05, 3.63) is 47.8 Å². The zero-order chi connectivity index (χ0) is 21.9.